The summed E-state index contributed by atoms with van der Waals surface area (Å²) in [7, 11) is 0. The fourth-order valence-corrected chi connectivity index (χ4v) is 0.950. The van der Waals surface area contributed by atoms with Gasteiger partial charge in [-0.3, -0.25) is 0 Å². The topological polar surface area (TPSA) is 29.4 Å². The van der Waals surface area contributed by atoms with E-state index in [-0.39, 0.29) is 0 Å². The van der Waals surface area contributed by atoms with Crippen molar-refractivity contribution in [1.29, 1.82) is 0 Å². The summed E-state index contributed by atoms with van der Waals surface area (Å²) in [5.41, 5.74) is 1.57. The lowest BCUT2D eigenvalue weighted by Gasteiger charge is -1.95. The molecule has 68 valence electrons. The van der Waals surface area contributed by atoms with Crippen LogP contribution in [0.3, 0.4) is 0 Å². The van der Waals surface area contributed by atoms with Crippen molar-refractivity contribution >= 4 is 11.8 Å². The van der Waals surface area contributed by atoms with Crippen LogP contribution in [-0.2, 0) is 0 Å². The van der Waals surface area contributed by atoms with Gasteiger partial charge in [0.25, 0.3) is 0 Å². The molecule has 0 aromatic heterocycles. The minimum atomic E-state index is 0.474. The summed E-state index contributed by atoms with van der Waals surface area (Å²) in [5.74, 6) is 0.545. The van der Waals surface area contributed by atoms with Gasteiger partial charge >= 0.3 is 0 Å². The standard InChI is InChI=1S/C11H13NO/c1-9(2)3-4-10-5-7-11(12-13)8-6-10/h3-9H,1-2H3/b4-3+. The Bertz CT molecular complexity index is 298. The van der Waals surface area contributed by atoms with Crippen LogP contribution < -0.4 is 0 Å². The number of rotatable bonds is 3. The third-order valence-electron chi connectivity index (χ3n) is 1.67. The molecule has 13 heavy (non-hydrogen) atoms. The molecule has 0 amide bonds. The molecule has 0 spiro atoms. The normalized spacial score (nSPS) is 11.0. The molecule has 1 aromatic carbocycles. The predicted molar refractivity (Wildman–Crippen MR) is 55.8 cm³/mol. The lowest BCUT2D eigenvalue weighted by molar-refractivity contribution is 0.836. The van der Waals surface area contributed by atoms with Crippen LogP contribution in [0.4, 0.5) is 5.69 Å². The van der Waals surface area contributed by atoms with E-state index in [0.717, 1.165) is 5.56 Å². The molecule has 0 saturated heterocycles. The van der Waals surface area contributed by atoms with E-state index in [4.69, 9.17) is 0 Å². The van der Waals surface area contributed by atoms with Crippen molar-refractivity contribution in [2.45, 2.75) is 13.8 Å². The van der Waals surface area contributed by atoms with Crippen LogP contribution in [0.2, 0.25) is 0 Å². The van der Waals surface area contributed by atoms with E-state index >= 15 is 0 Å². The van der Waals surface area contributed by atoms with Crippen molar-refractivity contribution < 1.29 is 0 Å². The molecule has 0 fully saturated rings. The molecule has 2 heteroatoms. The molecule has 2 nitrogen and oxygen atoms in total. The van der Waals surface area contributed by atoms with Crippen LogP contribution >= 0.6 is 0 Å². The molecule has 1 rings (SSSR count). The summed E-state index contributed by atoms with van der Waals surface area (Å²) in [6.07, 6.45) is 4.16. The van der Waals surface area contributed by atoms with Crippen molar-refractivity contribution in [2.24, 2.45) is 11.1 Å². The number of allylic oxidation sites excluding steroid dienone is 1. The summed E-state index contributed by atoms with van der Waals surface area (Å²) in [6.45, 7) is 4.25. The zero-order valence-corrected chi connectivity index (χ0v) is 7.90. The summed E-state index contributed by atoms with van der Waals surface area (Å²) in [6, 6.07) is 7.20. The lowest BCUT2D eigenvalue weighted by Crippen LogP contribution is -1.77. The average Bonchev–Trinajstić information content (AvgIpc) is 2.15. The van der Waals surface area contributed by atoms with Gasteiger partial charge in [0.1, 0.15) is 5.69 Å². The minimum Gasteiger partial charge on any atom is -0.145 e. The van der Waals surface area contributed by atoms with Crippen molar-refractivity contribution in [2.75, 3.05) is 0 Å². The summed E-state index contributed by atoms with van der Waals surface area (Å²) in [4.78, 5) is 10.1. The van der Waals surface area contributed by atoms with E-state index in [1.165, 1.54) is 0 Å². The predicted octanol–water partition coefficient (Wildman–Crippen LogP) is 3.75. The van der Waals surface area contributed by atoms with Gasteiger partial charge in [-0.15, -0.1) is 4.91 Å². The molecule has 0 heterocycles. The first-order chi connectivity index (χ1) is 6.22. The van der Waals surface area contributed by atoms with E-state index in [1.54, 1.807) is 12.1 Å². The average molecular weight is 175 g/mol. The summed E-state index contributed by atoms with van der Waals surface area (Å²) < 4.78 is 0. The molecule has 0 saturated carbocycles. The van der Waals surface area contributed by atoms with Gasteiger partial charge in [-0.1, -0.05) is 38.1 Å². The summed E-state index contributed by atoms with van der Waals surface area (Å²) >= 11 is 0. The van der Waals surface area contributed by atoms with E-state index < -0.39 is 0 Å². The Morgan fingerprint density at radius 2 is 1.85 bits per heavy atom. The second kappa shape index (κ2) is 4.55. The van der Waals surface area contributed by atoms with E-state index in [1.807, 2.05) is 18.2 Å². The van der Waals surface area contributed by atoms with Gasteiger partial charge in [0.2, 0.25) is 0 Å². The third kappa shape index (κ3) is 3.20. The highest BCUT2D eigenvalue weighted by molar-refractivity contribution is 5.53. The first-order valence-corrected chi connectivity index (χ1v) is 4.34. The lowest BCUT2D eigenvalue weighted by atomic mass is 10.1. The number of benzene rings is 1. The molecular formula is C11H13NO. The maximum absolute atomic E-state index is 10.1. The number of hydrogen-bond acceptors (Lipinski definition) is 2. The Morgan fingerprint density at radius 3 is 2.31 bits per heavy atom. The summed E-state index contributed by atoms with van der Waals surface area (Å²) in [5, 5.41) is 2.83. The van der Waals surface area contributed by atoms with Crippen molar-refractivity contribution in [3.8, 4) is 0 Å². The molecule has 0 unspecified atom stereocenters. The Balaban J connectivity index is 2.75. The van der Waals surface area contributed by atoms with Crippen LogP contribution in [0, 0.1) is 10.8 Å². The monoisotopic (exact) mass is 175 g/mol. The Hall–Kier alpha value is -1.44. The smallest absolute Gasteiger partial charge is 0.108 e. The third-order valence-corrected chi connectivity index (χ3v) is 1.67. The number of nitroso groups, excluding NO2 is 1. The Morgan fingerprint density at radius 1 is 1.23 bits per heavy atom. The molecule has 0 radical (unpaired) electrons. The van der Waals surface area contributed by atoms with Crippen LogP contribution in [0.25, 0.3) is 6.08 Å². The highest BCUT2D eigenvalue weighted by Crippen LogP contribution is 2.13. The van der Waals surface area contributed by atoms with Gasteiger partial charge in [-0.25, -0.2) is 0 Å². The molecule has 0 aliphatic rings. The van der Waals surface area contributed by atoms with Gasteiger partial charge in [0.15, 0.2) is 0 Å². The Kier molecular flexibility index (Phi) is 3.38. The zero-order valence-electron chi connectivity index (χ0n) is 7.90. The highest BCUT2D eigenvalue weighted by atomic mass is 16.3. The fraction of sp³-hybridized carbons (Fsp3) is 0.273. The number of nitrogens with zero attached hydrogens (tertiary/aromatic N) is 1. The van der Waals surface area contributed by atoms with Crippen LogP contribution in [-0.4, -0.2) is 0 Å². The van der Waals surface area contributed by atoms with Gasteiger partial charge in [0, 0.05) is 0 Å². The SMILES string of the molecule is CC(C)/C=C/c1ccc(N=O)cc1. The largest absolute Gasteiger partial charge is 0.145 e. The molecular weight excluding hydrogens is 162 g/mol. The minimum absolute atomic E-state index is 0.474. The van der Waals surface area contributed by atoms with E-state index in [9.17, 15) is 4.91 Å². The van der Waals surface area contributed by atoms with E-state index in [2.05, 4.69) is 25.1 Å². The van der Waals surface area contributed by atoms with Gasteiger partial charge in [0.05, 0.1) is 0 Å². The molecule has 0 atom stereocenters. The Labute approximate surface area is 78.3 Å². The van der Waals surface area contributed by atoms with Crippen molar-refractivity contribution in [3.63, 3.8) is 0 Å². The first-order valence-electron chi connectivity index (χ1n) is 4.34. The van der Waals surface area contributed by atoms with Gasteiger partial charge in [-0.2, -0.15) is 0 Å². The first kappa shape index (κ1) is 9.65. The molecule has 0 bridgehead atoms. The van der Waals surface area contributed by atoms with Gasteiger partial charge in [-0.05, 0) is 28.8 Å². The second-order valence-electron chi connectivity index (χ2n) is 3.29. The van der Waals surface area contributed by atoms with Crippen LogP contribution in [0.15, 0.2) is 35.5 Å². The highest BCUT2D eigenvalue weighted by Gasteiger charge is 1.90. The fourth-order valence-electron chi connectivity index (χ4n) is 0.950. The second-order valence-corrected chi connectivity index (χ2v) is 3.29. The van der Waals surface area contributed by atoms with Crippen molar-refractivity contribution in [1.82, 2.24) is 0 Å². The van der Waals surface area contributed by atoms with Gasteiger partial charge < -0.3 is 0 Å². The maximum atomic E-state index is 10.1. The maximum Gasteiger partial charge on any atom is 0.108 e. The number of hydrogen-bond donors (Lipinski definition) is 0. The van der Waals surface area contributed by atoms with Crippen molar-refractivity contribution in [3.05, 3.63) is 40.8 Å². The van der Waals surface area contributed by atoms with Crippen LogP contribution in [0.5, 0.6) is 0 Å². The molecule has 0 aliphatic heterocycles. The van der Waals surface area contributed by atoms with E-state index in [0.29, 0.717) is 11.6 Å². The molecule has 0 aliphatic carbocycles. The molecule has 1 aromatic rings. The molecule has 0 N–H and O–H groups in total. The van der Waals surface area contributed by atoms with Crippen LogP contribution in [0.1, 0.15) is 19.4 Å². The zero-order chi connectivity index (χ0) is 9.68. The quantitative estimate of drug-likeness (QED) is 0.643.